The van der Waals surface area contributed by atoms with E-state index in [0.717, 1.165) is 11.3 Å². The zero-order chi connectivity index (χ0) is 18.5. The van der Waals surface area contributed by atoms with Gasteiger partial charge < -0.3 is 15.0 Å². The molecule has 1 saturated heterocycles. The van der Waals surface area contributed by atoms with Gasteiger partial charge in [0.1, 0.15) is 6.10 Å². The Morgan fingerprint density at radius 3 is 2.67 bits per heavy atom. The van der Waals surface area contributed by atoms with E-state index in [4.69, 9.17) is 4.74 Å². The molecule has 4 rings (SSSR count). The monoisotopic (exact) mass is 360 g/mol. The fraction of sp³-hybridized carbons (Fsp3) is 0.190. The summed E-state index contributed by atoms with van der Waals surface area (Å²) in [6.45, 7) is 1.66. The third-order valence-electron chi connectivity index (χ3n) is 4.46. The second kappa shape index (κ2) is 7.97. The Morgan fingerprint density at radius 2 is 1.85 bits per heavy atom. The van der Waals surface area contributed by atoms with Crippen LogP contribution in [-0.2, 0) is 4.74 Å². The van der Waals surface area contributed by atoms with Crippen LogP contribution in [0.1, 0.15) is 22.0 Å². The SMILES string of the molecule is O=C(c1cccc(Nc2ncccn2)c1)N1CCO[C@H](c2ccccc2)C1. The molecular weight excluding hydrogens is 340 g/mol. The molecule has 1 aromatic heterocycles. The normalized spacial score (nSPS) is 16.7. The van der Waals surface area contributed by atoms with Gasteiger partial charge in [-0.25, -0.2) is 9.97 Å². The van der Waals surface area contributed by atoms with Gasteiger partial charge >= 0.3 is 0 Å². The summed E-state index contributed by atoms with van der Waals surface area (Å²) in [6.07, 6.45) is 3.24. The molecule has 0 aliphatic carbocycles. The number of anilines is 2. The summed E-state index contributed by atoms with van der Waals surface area (Å²) < 4.78 is 5.86. The maximum absolute atomic E-state index is 13.0. The molecule has 3 aromatic rings. The summed E-state index contributed by atoms with van der Waals surface area (Å²) >= 11 is 0. The number of hydrogen-bond donors (Lipinski definition) is 1. The highest BCUT2D eigenvalue weighted by Gasteiger charge is 2.26. The minimum Gasteiger partial charge on any atom is -0.370 e. The predicted octanol–water partition coefficient (Wildman–Crippen LogP) is 3.43. The third-order valence-corrected chi connectivity index (χ3v) is 4.46. The van der Waals surface area contributed by atoms with E-state index in [-0.39, 0.29) is 12.0 Å². The quantitative estimate of drug-likeness (QED) is 0.772. The van der Waals surface area contributed by atoms with E-state index in [9.17, 15) is 4.79 Å². The highest BCUT2D eigenvalue weighted by Crippen LogP contribution is 2.24. The number of carbonyl (C=O) groups excluding carboxylic acids is 1. The molecule has 0 unspecified atom stereocenters. The Kier molecular flexibility index (Phi) is 5.07. The van der Waals surface area contributed by atoms with Gasteiger partial charge in [-0.1, -0.05) is 36.4 Å². The summed E-state index contributed by atoms with van der Waals surface area (Å²) in [7, 11) is 0. The van der Waals surface area contributed by atoms with Crippen molar-refractivity contribution < 1.29 is 9.53 Å². The molecule has 2 heterocycles. The van der Waals surface area contributed by atoms with E-state index in [1.807, 2.05) is 59.5 Å². The Balaban J connectivity index is 1.48. The minimum atomic E-state index is -0.0945. The first-order chi connectivity index (χ1) is 13.3. The maximum atomic E-state index is 13.0. The van der Waals surface area contributed by atoms with E-state index in [1.165, 1.54) is 0 Å². The molecule has 1 atom stereocenters. The summed E-state index contributed by atoms with van der Waals surface area (Å²) in [5.41, 5.74) is 2.50. The van der Waals surface area contributed by atoms with Crippen LogP contribution in [0, 0.1) is 0 Å². The number of hydrogen-bond acceptors (Lipinski definition) is 5. The van der Waals surface area contributed by atoms with Gasteiger partial charge in [-0.3, -0.25) is 4.79 Å². The maximum Gasteiger partial charge on any atom is 0.254 e. The average Bonchev–Trinajstić information content (AvgIpc) is 2.75. The number of morpholine rings is 1. The molecule has 1 aliphatic rings. The molecule has 2 aromatic carbocycles. The molecule has 0 saturated carbocycles. The van der Waals surface area contributed by atoms with Gasteiger partial charge in [-0.15, -0.1) is 0 Å². The van der Waals surface area contributed by atoms with Crippen LogP contribution in [0.4, 0.5) is 11.6 Å². The van der Waals surface area contributed by atoms with Crippen molar-refractivity contribution in [2.75, 3.05) is 25.0 Å². The summed E-state index contributed by atoms with van der Waals surface area (Å²) in [5.74, 6) is 0.495. The molecule has 136 valence electrons. The molecule has 6 heteroatoms. The van der Waals surface area contributed by atoms with Crippen LogP contribution < -0.4 is 5.32 Å². The first kappa shape index (κ1) is 17.2. The number of amides is 1. The van der Waals surface area contributed by atoms with Gasteiger partial charge in [-0.2, -0.15) is 0 Å². The number of nitrogens with one attached hydrogen (secondary N) is 1. The van der Waals surface area contributed by atoms with Crippen molar-refractivity contribution in [2.45, 2.75) is 6.10 Å². The Bertz CT molecular complexity index is 902. The van der Waals surface area contributed by atoms with Crippen LogP contribution >= 0.6 is 0 Å². The third kappa shape index (κ3) is 4.12. The van der Waals surface area contributed by atoms with Gasteiger partial charge in [-0.05, 0) is 29.8 Å². The van der Waals surface area contributed by atoms with Gasteiger partial charge in [0.15, 0.2) is 0 Å². The van der Waals surface area contributed by atoms with Gasteiger partial charge in [0.2, 0.25) is 5.95 Å². The van der Waals surface area contributed by atoms with Crippen LogP contribution in [-0.4, -0.2) is 40.5 Å². The van der Waals surface area contributed by atoms with Crippen LogP contribution in [0.25, 0.3) is 0 Å². The molecule has 27 heavy (non-hydrogen) atoms. The number of nitrogens with zero attached hydrogens (tertiary/aromatic N) is 3. The van der Waals surface area contributed by atoms with Crippen molar-refractivity contribution in [3.05, 3.63) is 84.2 Å². The van der Waals surface area contributed by atoms with E-state index >= 15 is 0 Å². The minimum absolute atomic E-state index is 0.00291. The number of rotatable bonds is 4. The highest BCUT2D eigenvalue weighted by atomic mass is 16.5. The lowest BCUT2D eigenvalue weighted by Crippen LogP contribution is -2.42. The molecule has 0 spiro atoms. The molecule has 6 nitrogen and oxygen atoms in total. The highest BCUT2D eigenvalue weighted by molar-refractivity contribution is 5.95. The molecule has 0 radical (unpaired) electrons. The van der Waals surface area contributed by atoms with Gasteiger partial charge in [0.05, 0.1) is 13.2 Å². The summed E-state index contributed by atoms with van der Waals surface area (Å²) in [4.78, 5) is 23.1. The fourth-order valence-corrected chi connectivity index (χ4v) is 3.11. The molecule has 1 aliphatic heterocycles. The molecule has 1 fully saturated rings. The van der Waals surface area contributed by atoms with Gasteiger partial charge in [0, 0.05) is 30.2 Å². The lowest BCUT2D eigenvalue weighted by molar-refractivity contribution is -0.0228. The second-order valence-corrected chi connectivity index (χ2v) is 6.30. The van der Waals surface area contributed by atoms with Crippen LogP contribution in [0.5, 0.6) is 0 Å². The molecule has 1 amide bonds. The lowest BCUT2D eigenvalue weighted by atomic mass is 10.1. The number of aromatic nitrogens is 2. The lowest BCUT2D eigenvalue weighted by Gasteiger charge is -2.33. The largest absolute Gasteiger partial charge is 0.370 e. The van der Waals surface area contributed by atoms with Crippen LogP contribution in [0.2, 0.25) is 0 Å². The summed E-state index contributed by atoms with van der Waals surface area (Å²) in [6, 6.07) is 19.2. The standard InChI is InChI=1S/C21H20N4O2/c26-20(25-12-13-27-19(15-25)16-6-2-1-3-7-16)17-8-4-9-18(14-17)24-21-22-10-5-11-23-21/h1-11,14,19H,12-13,15H2,(H,22,23,24)/t19-/m0/s1. The van der Waals surface area contributed by atoms with Crippen molar-refractivity contribution in [3.63, 3.8) is 0 Å². The molecular formula is C21H20N4O2. The van der Waals surface area contributed by atoms with E-state index in [0.29, 0.717) is 31.2 Å². The zero-order valence-electron chi connectivity index (χ0n) is 14.8. The Morgan fingerprint density at radius 1 is 1.04 bits per heavy atom. The Labute approximate surface area is 157 Å². The predicted molar refractivity (Wildman–Crippen MR) is 103 cm³/mol. The van der Waals surface area contributed by atoms with Crippen molar-refractivity contribution in [2.24, 2.45) is 0 Å². The second-order valence-electron chi connectivity index (χ2n) is 6.30. The van der Waals surface area contributed by atoms with Crippen LogP contribution in [0.3, 0.4) is 0 Å². The molecule has 0 bridgehead atoms. The average molecular weight is 360 g/mol. The van der Waals surface area contributed by atoms with E-state index in [2.05, 4.69) is 15.3 Å². The first-order valence-electron chi connectivity index (χ1n) is 8.89. The summed E-state index contributed by atoms with van der Waals surface area (Å²) in [5, 5.41) is 3.12. The van der Waals surface area contributed by atoms with Gasteiger partial charge in [0.25, 0.3) is 5.91 Å². The topological polar surface area (TPSA) is 67.4 Å². The van der Waals surface area contributed by atoms with Crippen molar-refractivity contribution >= 4 is 17.5 Å². The van der Waals surface area contributed by atoms with E-state index in [1.54, 1.807) is 18.5 Å². The first-order valence-corrected chi connectivity index (χ1v) is 8.89. The zero-order valence-corrected chi connectivity index (χ0v) is 14.8. The van der Waals surface area contributed by atoms with Crippen LogP contribution in [0.15, 0.2) is 73.1 Å². The Hall–Kier alpha value is -3.25. The van der Waals surface area contributed by atoms with Crippen molar-refractivity contribution in [1.29, 1.82) is 0 Å². The number of carbonyl (C=O) groups is 1. The molecule has 1 N–H and O–H groups in total. The van der Waals surface area contributed by atoms with E-state index < -0.39 is 0 Å². The number of benzene rings is 2. The number of ether oxygens (including phenoxy) is 1. The van der Waals surface area contributed by atoms with Crippen molar-refractivity contribution in [1.82, 2.24) is 14.9 Å². The fourth-order valence-electron chi connectivity index (χ4n) is 3.11. The van der Waals surface area contributed by atoms with Crippen molar-refractivity contribution in [3.8, 4) is 0 Å². The smallest absolute Gasteiger partial charge is 0.254 e.